The molecule has 0 atom stereocenters. The molecule has 0 aliphatic rings. The SMILES string of the molecule is CC#CC.CC(C)=C(F)C/C=C(\C)F.Cc1ccccc1. The first kappa shape index (κ1) is 21.4. The molecule has 0 N–H and O–H groups in total. The maximum absolute atomic E-state index is 12.6. The van der Waals surface area contributed by atoms with Crippen LogP contribution in [0.5, 0.6) is 0 Å². The van der Waals surface area contributed by atoms with Crippen LogP contribution in [0.4, 0.5) is 8.78 Å². The number of rotatable bonds is 2. The number of hydrogen-bond donors (Lipinski definition) is 0. The summed E-state index contributed by atoms with van der Waals surface area (Å²) in [5.74, 6) is 4.77. The highest BCUT2D eigenvalue weighted by Gasteiger charge is 1.94. The predicted octanol–water partition coefficient (Wildman–Crippen LogP) is 6.54. The van der Waals surface area contributed by atoms with Crippen molar-refractivity contribution in [1.29, 1.82) is 0 Å². The standard InChI is InChI=1S/C8H12F2.C7H8.C4H6/c1-6(2)8(10)5-4-7(3)9;1-7-5-3-2-4-6-7;1-3-4-2/h4H,5H2,1-3H3;2-6H,1H3;1-2H3/b7-4+;;. The van der Waals surface area contributed by atoms with E-state index in [-0.39, 0.29) is 18.1 Å². The molecular formula is C19H26F2. The fourth-order valence-corrected chi connectivity index (χ4v) is 0.969. The minimum atomic E-state index is -0.337. The molecule has 1 aromatic carbocycles. The fraction of sp³-hybridized carbons (Fsp3) is 0.368. The summed E-state index contributed by atoms with van der Waals surface area (Å²) in [5.41, 5.74) is 1.93. The third-order valence-electron chi connectivity index (χ3n) is 2.30. The minimum absolute atomic E-state index is 0.0741. The van der Waals surface area contributed by atoms with Gasteiger partial charge in [-0.3, -0.25) is 0 Å². The van der Waals surface area contributed by atoms with Gasteiger partial charge in [-0.2, -0.15) is 0 Å². The first-order valence-electron chi connectivity index (χ1n) is 6.84. The van der Waals surface area contributed by atoms with Crippen molar-refractivity contribution in [3.8, 4) is 11.8 Å². The van der Waals surface area contributed by atoms with Crippen LogP contribution < -0.4 is 0 Å². The molecule has 0 amide bonds. The lowest BCUT2D eigenvalue weighted by Crippen LogP contribution is -1.75. The van der Waals surface area contributed by atoms with Crippen molar-refractivity contribution in [1.82, 2.24) is 0 Å². The Bertz CT molecular complexity index is 471. The van der Waals surface area contributed by atoms with Gasteiger partial charge in [-0.15, -0.1) is 11.8 Å². The highest BCUT2D eigenvalue weighted by Crippen LogP contribution is 2.11. The molecule has 1 rings (SSSR count). The van der Waals surface area contributed by atoms with Crippen LogP contribution >= 0.6 is 0 Å². The molecule has 0 fully saturated rings. The Hall–Kier alpha value is -1.88. The zero-order valence-electron chi connectivity index (χ0n) is 13.9. The van der Waals surface area contributed by atoms with E-state index in [0.29, 0.717) is 5.57 Å². The van der Waals surface area contributed by atoms with Crippen LogP contribution in [0.3, 0.4) is 0 Å². The smallest absolute Gasteiger partial charge is 0.102 e. The van der Waals surface area contributed by atoms with Gasteiger partial charge in [0.05, 0.1) is 5.83 Å². The molecule has 116 valence electrons. The molecule has 0 bridgehead atoms. The van der Waals surface area contributed by atoms with Crippen LogP contribution in [0.25, 0.3) is 0 Å². The molecule has 0 aliphatic carbocycles. The molecule has 1 aromatic rings. The van der Waals surface area contributed by atoms with Crippen LogP contribution in [-0.2, 0) is 0 Å². The quantitative estimate of drug-likeness (QED) is 0.543. The van der Waals surface area contributed by atoms with E-state index in [2.05, 4.69) is 30.9 Å². The van der Waals surface area contributed by atoms with Gasteiger partial charge in [0, 0.05) is 6.42 Å². The molecule has 0 aliphatic heterocycles. The van der Waals surface area contributed by atoms with Gasteiger partial charge < -0.3 is 0 Å². The monoisotopic (exact) mass is 292 g/mol. The number of aryl methyl sites for hydroxylation is 1. The van der Waals surface area contributed by atoms with Gasteiger partial charge >= 0.3 is 0 Å². The largest absolute Gasteiger partial charge is 0.212 e. The topological polar surface area (TPSA) is 0 Å². The maximum atomic E-state index is 12.6. The maximum Gasteiger partial charge on any atom is 0.102 e. The summed E-state index contributed by atoms with van der Waals surface area (Å²) in [4.78, 5) is 0. The Balaban J connectivity index is 0. The van der Waals surface area contributed by atoms with Crippen molar-refractivity contribution in [2.24, 2.45) is 0 Å². The Morgan fingerprint density at radius 2 is 1.48 bits per heavy atom. The summed E-state index contributed by atoms with van der Waals surface area (Å²) in [6.07, 6.45) is 1.30. The second-order valence-electron chi connectivity index (χ2n) is 4.55. The Morgan fingerprint density at radius 3 is 1.71 bits per heavy atom. The van der Waals surface area contributed by atoms with E-state index in [0.717, 1.165) is 0 Å². The normalized spacial score (nSPS) is 9.05. The molecule has 21 heavy (non-hydrogen) atoms. The Kier molecular flexibility index (Phi) is 14.8. The third kappa shape index (κ3) is 18.1. The van der Waals surface area contributed by atoms with Gasteiger partial charge in [0.25, 0.3) is 0 Å². The second-order valence-corrected chi connectivity index (χ2v) is 4.55. The van der Waals surface area contributed by atoms with Gasteiger partial charge in [0.2, 0.25) is 0 Å². The number of allylic oxidation sites excluding steroid dienone is 4. The van der Waals surface area contributed by atoms with Crippen molar-refractivity contribution in [2.75, 3.05) is 0 Å². The van der Waals surface area contributed by atoms with E-state index < -0.39 is 0 Å². The van der Waals surface area contributed by atoms with Crippen LogP contribution in [-0.4, -0.2) is 0 Å². The second kappa shape index (κ2) is 14.5. The molecule has 0 radical (unpaired) electrons. The lowest BCUT2D eigenvalue weighted by atomic mass is 10.2. The van der Waals surface area contributed by atoms with Gasteiger partial charge in [-0.1, -0.05) is 35.9 Å². The summed E-state index contributed by atoms with van der Waals surface area (Å²) < 4.78 is 24.6. The highest BCUT2D eigenvalue weighted by atomic mass is 19.1. The van der Waals surface area contributed by atoms with Gasteiger partial charge in [-0.05, 0) is 53.2 Å². The zero-order valence-corrected chi connectivity index (χ0v) is 13.9. The van der Waals surface area contributed by atoms with Crippen molar-refractivity contribution in [2.45, 2.75) is 48.0 Å². The molecule has 2 heteroatoms. The summed E-state index contributed by atoms with van der Waals surface area (Å²) in [6, 6.07) is 10.3. The number of halogens is 2. The molecule has 0 nitrogen and oxygen atoms in total. The molecule has 0 saturated carbocycles. The minimum Gasteiger partial charge on any atom is -0.212 e. The first-order valence-corrected chi connectivity index (χ1v) is 6.84. The predicted molar refractivity (Wildman–Crippen MR) is 89.3 cm³/mol. The Labute approximate surface area is 128 Å². The Morgan fingerprint density at radius 1 is 1.00 bits per heavy atom. The van der Waals surface area contributed by atoms with E-state index >= 15 is 0 Å². The number of benzene rings is 1. The number of hydrogen-bond acceptors (Lipinski definition) is 0. The summed E-state index contributed by atoms with van der Waals surface area (Å²) in [7, 11) is 0. The first-order chi connectivity index (χ1) is 9.84. The van der Waals surface area contributed by atoms with Crippen LogP contribution in [0.15, 0.2) is 53.6 Å². The van der Waals surface area contributed by atoms with Gasteiger partial charge in [0.15, 0.2) is 0 Å². The fourth-order valence-electron chi connectivity index (χ4n) is 0.969. The van der Waals surface area contributed by atoms with Gasteiger partial charge in [-0.25, -0.2) is 8.78 Å². The van der Waals surface area contributed by atoms with E-state index in [1.165, 1.54) is 18.6 Å². The van der Waals surface area contributed by atoms with E-state index in [4.69, 9.17) is 0 Å². The van der Waals surface area contributed by atoms with Gasteiger partial charge in [0.1, 0.15) is 5.83 Å². The van der Waals surface area contributed by atoms with Crippen molar-refractivity contribution in [3.05, 3.63) is 59.2 Å². The highest BCUT2D eigenvalue weighted by molar-refractivity contribution is 5.11. The van der Waals surface area contributed by atoms with E-state index in [9.17, 15) is 8.78 Å². The summed E-state index contributed by atoms with van der Waals surface area (Å²) in [6.45, 7) is 10.4. The third-order valence-corrected chi connectivity index (χ3v) is 2.30. The average molecular weight is 292 g/mol. The summed E-state index contributed by atoms with van der Waals surface area (Å²) in [5, 5.41) is 0. The molecular weight excluding hydrogens is 266 g/mol. The lowest BCUT2D eigenvalue weighted by molar-refractivity contribution is 0.590. The molecule has 0 saturated heterocycles. The van der Waals surface area contributed by atoms with Crippen LogP contribution in [0, 0.1) is 18.8 Å². The molecule has 0 heterocycles. The van der Waals surface area contributed by atoms with Crippen LogP contribution in [0.1, 0.15) is 46.6 Å². The van der Waals surface area contributed by atoms with E-state index in [1.807, 2.05) is 32.0 Å². The molecule has 0 spiro atoms. The zero-order chi connectivity index (χ0) is 16.7. The van der Waals surface area contributed by atoms with Crippen molar-refractivity contribution >= 4 is 0 Å². The van der Waals surface area contributed by atoms with Crippen molar-refractivity contribution < 1.29 is 8.78 Å². The van der Waals surface area contributed by atoms with E-state index in [1.54, 1.807) is 13.8 Å². The average Bonchev–Trinajstić information content (AvgIpc) is 2.46. The van der Waals surface area contributed by atoms with Crippen molar-refractivity contribution in [3.63, 3.8) is 0 Å². The molecule has 0 unspecified atom stereocenters. The summed E-state index contributed by atoms with van der Waals surface area (Å²) >= 11 is 0. The molecule has 0 aromatic heterocycles. The lowest BCUT2D eigenvalue weighted by Gasteiger charge is -1.93. The van der Waals surface area contributed by atoms with Crippen LogP contribution in [0.2, 0.25) is 0 Å².